The molecule has 7 nitrogen and oxygen atoms in total. The molecule has 0 saturated carbocycles. The Balaban J connectivity index is 1.62. The number of rotatable bonds is 7. The molecule has 2 heterocycles. The zero-order valence-corrected chi connectivity index (χ0v) is 20.2. The van der Waals surface area contributed by atoms with Gasteiger partial charge in [0.2, 0.25) is 0 Å². The molecule has 0 amide bonds. The van der Waals surface area contributed by atoms with Gasteiger partial charge in [-0.1, -0.05) is 6.07 Å². The van der Waals surface area contributed by atoms with E-state index in [0.29, 0.717) is 11.6 Å². The summed E-state index contributed by atoms with van der Waals surface area (Å²) in [5.41, 5.74) is 2.82. The molecule has 8 heteroatoms. The average molecular weight is 472 g/mol. The van der Waals surface area contributed by atoms with E-state index in [9.17, 15) is 18.3 Å². The van der Waals surface area contributed by atoms with Crippen LogP contribution in [-0.4, -0.2) is 57.1 Å². The molecule has 1 unspecified atom stereocenters. The van der Waals surface area contributed by atoms with Gasteiger partial charge in [0, 0.05) is 19.6 Å². The predicted molar refractivity (Wildman–Crippen MR) is 131 cm³/mol. The Hall–Kier alpha value is -2.58. The number of hydrogen-bond acceptors (Lipinski definition) is 5. The van der Waals surface area contributed by atoms with E-state index in [1.807, 2.05) is 19.9 Å². The number of sulfonamides is 1. The van der Waals surface area contributed by atoms with Gasteiger partial charge in [-0.2, -0.15) is 0 Å². The number of nitrogens with zero attached hydrogens (tertiary/aromatic N) is 2. The second kappa shape index (κ2) is 9.73. The van der Waals surface area contributed by atoms with Gasteiger partial charge in [0.15, 0.2) is 0 Å². The number of piperidine rings is 1. The van der Waals surface area contributed by atoms with Gasteiger partial charge in [-0.3, -0.25) is 4.72 Å². The molecule has 2 saturated heterocycles. The zero-order chi connectivity index (χ0) is 23.6. The van der Waals surface area contributed by atoms with Crippen molar-refractivity contribution in [3.63, 3.8) is 0 Å². The second-order valence-electron chi connectivity index (χ2n) is 9.43. The van der Waals surface area contributed by atoms with Crippen LogP contribution in [0.15, 0.2) is 41.3 Å². The standard InChI is InChI=1S/C25H33N3O4S/c1-18-12-19(2)14-22(13-18)33(31,32)26-23-15-21(25(29)30)7-8-24(23)28-11-5-6-20(17-28)16-27-9-3-4-10-27/h7-8,12-15,20,26H,3-6,9-11,16-17H2,1-2H3,(H,29,30). The molecular weight excluding hydrogens is 438 g/mol. The lowest BCUT2D eigenvalue weighted by atomic mass is 9.96. The summed E-state index contributed by atoms with van der Waals surface area (Å²) in [5, 5.41) is 9.50. The van der Waals surface area contributed by atoms with Crippen LogP contribution in [0.5, 0.6) is 0 Å². The van der Waals surface area contributed by atoms with E-state index in [-0.39, 0.29) is 10.5 Å². The summed E-state index contributed by atoms with van der Waals surface area (Å²) in [6, 6.07) is 9.90. The van der Waals surface area contributed by atoms with Crippen LogP contribution in [-0.2, 0) is 10.0 Å². The van der Waals surface area contributed by atoms with E-state index in [0.717, 1.165) is 62.4 Å². The van der Waals surface area contributed by atoms with E-state index in [1.54, 1.807) is 24.3 Å². The van der Waals surface area contributed by atoms with Crippen LogP contribution in [0, 0.1) is 19.8 Å². The first-order chi connectivity index (χ1) is 15.7. The number of likely N-dealkylation sites (tertiary alicyclic amines) is 1. The maximum Gasteiger partial charge on any atom is 0.335 e. The third-order valence-corrected chi connectivity index (χ3v) is 7.91. The van der Waals surface area contributed by atoms with Crippen molar-refractivity contribution in [2.24, 2.45) is 5.92 Å². The Morgan fingerprint density at radius 3 is 2.39 bits per heavy atom. The van der Waals surface area contributed by atoms with Gasteiger partial charge in [-0.15, -0.1) is 0 Å². The maximum absolute atomic E-state index is 13.2. The van der Waals surface area contributed by atoms with Crippen LogP contribution >= 0.6 is 0 Å². The monoisotopic (exact) mass is 471 g/mol. The molecule has 2 fully saturated rings. The molecule has 33 heavy (non-hydrogen) atoms. The zero-order valence-electron chi connectivity index (χ0n) is 19.4. The molecule has 0 aromatic heterocycles. The summed E-state index contributed by atoms with van der Waals surface area (Å²) >= 11 is 0. The summed E-state index contributed by atoms with van der Waals surface area (Å²) < 4.78 is 29.2. The molecule has 2 aromatic carbocycles. The number of carbonyl (C=O) groups is 1. The molecule has 0 bridgehead atoms. The van der Waals surface area contributed by atoms with Gasteiger partial charge < -0.3 is 14.9 Å². The fourth-order valence-electron chi connectivity index (χ4n) is 5.08. The van der Waals surface area contributed by atoms with Crippen LogP contribution in [0.25, 0.3) is 0 Å². The van der Waals surface area contributed by atoms with Gasteiger partial charge in [0.1, 0.15) is 0 Å². The van der Waals surface area contributed by atoms with Gasteiger partial charge in [-0.05, 0) is 100.0 Å². The largest absolute Gasteiger partial charge is 0.478 e. The van der Waals surface area contributed by atoms with Crippen molar-refractivity contribution in [1.29, 1.82) is 0 Å². The van der Waals surface area contributed by atoms with Crippen molar-refractivity contribution in [3.05, 3.63) is 53.1 Å². The number of aromatic carboxylic acids is 1. The highest BCUT2D eigenvalue weighted by atomic mass is 32.2. The van der Waals surface area contributed by atoms with Crippen molar-refractivity contribution < 1.29 is 18.3 Å². The average Bonchev–Trinajstić information content (AvgIpc) is 3.26. The minimum atomic E-state index is -3.87. The van der Waals surface area contributed by atoms with Crippen molar-refractivity contribution in [2.45, 2.75) is 44.4 Å². The quantitative estimate of drug-likeness (QED) is 0.632. The molecule has 2 aromatic rings. The van der Waals surface area contributed by atoms with Gasteiger partial charge in [-0.25, -0.2) is 13.2 Å². The molecule has 178 valence electrons. The Kier molecular flexibility index (Phi) is 6.95. The van der Waals surface area contributed by atoms with Gasteiger partial charge >= 0.3 is 5.97 Å². The number of carboxylic acid groups (broad SMARTS) is 1. The van der Waals surface area contributed by atoms with Crippen LogP contribution in [0.1, 0.15) is 47.2 Å². The lowest BCUT2D eigenvalue weighted by molar-refractivity contribution is 0.0697. The molecule has 0 aliphatic carbocycles. The summed E-state index contributed by atoms with van der Waals surface area (Å²) in [4.78, 5) is 16.5. The predicted octanol–water partition coefficient (Wildman–Crippen LogP) is 4.11. The SMILES string of the molecule is Cc1cc(C)cc(S(=O)(=O)Nc2cc(C(=O)O)ccc2N2CCCC(CN3CCCC3)C2)c1. The highest BCUT2D eigenvalue weighted by Crippen LogP contribution is 2.33. The minimum absolute atomic E-state index is 0.0579. The fourth-order valence-corrected chi connectivity index (χ4v) is 6.33. The van der Waals surface area contributed by atoms with Crippen molar-refractivity contribution in [2.75, 3.05) is 42.3 Å². The molecule has 4 rings (SSSR count). The Bertz CT molecular complexity index is 1110. The van der Waals surface area contributed by atoms with E-state index >= 15 is 0 Å². The molecular formula is C25H33N3O4S. The normalized spacial score (nSPS) is 19.6. The van der Waals surface area contributed by atoms with Crippen molar-refractivity contribution in [3.8, 4) is 0 Å². The lowest BCUT2D eigenvalue weighted by Crippen LogP contribution is -2.40. The van der Waals surface area contributed by atoms with Crippen LogP contribution < -0.4 is 9.62 Å². The van der Waals surface area contributed by atoms with Crippen molar-refractivity contribution in [1.82, 2.24) is 4.90 Å². The third kappa shape index (κ3) is 5.68. The molecule has 2 N–H and O–H groups in total. The van der Waals surface area contributed by atoms with Crippen molar-refractivity contribution >= 4 is 27.4 Å². The molecule has 2 aliphatic heterocycles. The molecule has 0 spiro atoms. The number of aryl methyl sites for hydroxylation is 2. The van der Waals surface area contributed by atoms with E-state index in [2.05, 4.69) is 14.5 Å². The van der Waals surface area contributed by atoms with Crippen LogP contribution in [0.4, 0.5) is 11.4 Å². The smallest absolute Gasteiger partial charge is 0.335 e. The highest BCUT2D eigenvalue weighted by molar-refractivity contribution is 7.92. The van der Waals surface area contributed by atoms with Gasteiger partial charge in [0.25, 0.3) is 10.0 Å². The van der Waals surface area contributed by atoms with E-state index in [1.165, 1.54) is 18.9 Å². The topological polar surface area (TPSA) is 89.9 Å². The summed E-state index contributed by atoms with van der Waals surface area (Å²) in [5.74, 6) is -0.571. The maximum atomic E-state index is 13.2. The highest BCUT2D eigenvalue weighted by Gasteiger charge is 2.26. The summed E-state index contributed by atoms with van der Waals surface area (Å²) in [7, 11) is -3.87. The number of carboxylic acids is 1. The molecule has 2 aliphatic rings. The lowest BCUT2D eigenvalue weighted by Gasteiger charge is -2.37. The first-order valence-corrected chi connectivity index (χ1v) is 13.2. The van der Waals surface area contributed by atoms with E-state index in [4.69, 9.17) is 0 Å². The second-order valence-corrected chi connectivity index (χ2v) is 11.1. The Morgan fingerprint density at radius 1 is 1.03 bits per heavy atom. The van der Waals surface area contributed by atoms with Gasteiger partial charge in [0.05, 0.1) is 21.8 Å². The third-order valence-electron chi connectivity index (χ3n) is 6.57. The number of nitrogens with one attached hydrogen (secondary N) is 1. The summed E-state index contributed by atoms with van der Waals surface area (Å²) in [6.07, 6.45) is 4.71. The first-order valence-electron chi connectivity index (χ1n) is 11.7. The Morgan fingerprint density at radius 2 is 1.73 bits per heavy atom. The Labute approximate surface area is 196 Å². The fraction of sp³-hybridized carbons (Fsp3) is 0.480. The van der Waals surface area contributed by atoms with Crippen LogP contribution in [0.3, 0.4) is 0 Å². The van der Waals surface area contributed by atoms with Crippen LogP contribution in [0.2, 0.25) is 0 Å². The summed E-state index contributed by atoms with van der Waals surface area (Å²) in [6.45, 7) is 8.75. The number of hydrogen-bond donors (Lipinski definition) is 2. The minimum Gasteiger partial charge on any atom is -0.478 e. The molecule has 0 radical (unpaired) electrons. The molecule has 1 atom stereocenters. The first kappa shape index (κ1) is 23.6. The number of benzene rings is 2. The van der Waals surface area contributed by atoms with E-state index < -0.39 is 16.0 Å². The number of anilines is 2.